The van der Waals surface area contributed by atoms with E-state index in [1.165, 1.54) is 42.5 Å². The van der Waals surface area contributed by atoms with Gasteiger partial charge in [0.15, 0.2) is 0 Å². The third-order valence-electron chi connectivity index (χ3n) is 4.24. The molecule has 0 spiro atoms. The number of nitrogens with one attached hydrogen (secondary N) is 3. The van der Waals surface area contributed by atoms with Crippen LogP contribution in [-0.2, 0) is 10.0 Å². The zero-order valence-corrected chi connectivity index (χ0v) is 17.7. The smallest absolute Gasteiger partial charge is 0.270 e. The maximum Gasteiger partial charge on any atom is 0.270 e. The third kappa shape index (κ3) is 5.59. The summed E-state index contributed by atoms with van der Waals surface area (Å²) in [5.41, 5.74) is 5.46. The molecule has 0 unspecified atom stereocenters. The van der Waals surface area contributed by atoms with Crippen molar-refractivity contribution in [2.45, 2.75) is 11.8 Å². The number of rotatable bonds is 5. The summed E-state index contributed by atoms with van der Waals surface area (Å²) in [6, 6.07) is 14.9. The summed E-state index contributed by atoms with van der Waals surface area (Å²) in [7, 11) is -4.03. The van der Waals surface area contributed by atoms with Gasteiger partial charge in [-0.15, -0.1) is 0 Å². The van der Waals surface area contributed by atoms with E-state index in [1.54, 1.807) is 19.1 Å². The first-order valence-corrected chi connectivity index (χ1v) is 10.8. The molecule has 3 aromatic carbocycles. The molecule has 0 aromatic heterocycles. The summed E-state index contributed by atoms with van der Waals surface area (Å²) in [4.78, 5) is 24.5. The van der Waals surface area contributed by atoms with Crippen LogP contribution in [0, 0.1) is 12.7 Å². The monoisotopic (exact) mass is 461 g/mol. The van der Waals surface area contributed by atoms with Gasteiger partial charge in [0.25, 0.3) is 21.8 Å². The van der Waals surface area contributed by atoms with Crippen LogP contribution in [0.5, 0.6) is 0 Å². The number of aryl methyl sites for hydroxylation is 1. The lowest BCUT2D eigenvalue weighted by Crippen LogP contribution is -2.41. The Kier molecular flexibility index (Phi) is 6.57. The lowest BCUT2D eigenvalue weighted by Gasteiger charge is -2.12. The number of amides is 2. The highest BCUT2D eigenvalue weighted by atomic mass is 35.5. The molecule has 0 radical (unpaired) electrons. The Hall–Kier alpha value is -3.43. The average molecular weight is 462 g/mol. The van der Waals surface area contributed by atoms with E-state index in [9.17, 15) is 22.4 Å². The predicted molar refractivity (Wildman–Crippen MR) is 115 cm³/mol. The largest absolute Gasteiger partial charge is 0.280 e. The SMILES string of the molecule is Cc1ccc(S(=O)(=O)Nc2ccc(F)cc2)cc1C(=O)NNC(=O)c1cccc(Cl)c1. The van der Waals surface area contributed by atoms with Crippen LogP contribution in [-0.4, -0.2) is 20.2 Å². The van der Waals surface area contributed by atoms with Crippen molar-refractivity contribution >= 4 is 39.1 Å². The summed E-state index contributed by atoms with van der Waals surface area (Å²) in [6.45, 7) is 1.62. The van der Waals surface area contributed by atoms with Gasteiger partial charge in [0.1, 0.15) is 5.82 Å². The number of halogens is 2. The highest BCUT2D eigenvalue weighted by Crippen LogP contribution is 2.20. The molecule has 3 rings (SSSR count). The fraction of sp³-hybridized carbons (Fsp3) is 0.0476. The second-order valence-corrected chi connectivity index (χ2v) is 8.63. The van der Waals surface area contributed by atoms with Gasteiger partial charge in [0.05, 0.1) is 4.90 Å². The van der Waals surface area contributed by atoms with E-state index >= 15 is 0 Å². The minimum atomic E-state index is -4.03. The molecule has 0 heterocycles. The van der Waals surface area contributed by atoms with E-state index in [0.717, 1.165) is 12.1 Å². The highest BCUT2D eigenvalue weighted by molar-refractivity contribution is 7.92. The van der Waals surface area contributed by atoms with Gasteiger partial charge in [-0.3, -0.25) is 25.2 Å². The lowest BCUT2D eigenvalue weighted by atomic mass is 10.1. The Morgan fingerprint density at radius 1 is 0.903 bits per heavy atom. The van der Waals surface area contributed by atoms with E-state index in [1.807, 2.05) is 0 Å². The number of benzene rings is 3. The Labute approximate surface area is 183 Å². The van der Waals surface area contributed by atoms with Crippen molar-refractivity contribution in [3.8, 4) is 0 Å². The van der Waals surface area contributed by atoms with Gasteiger partial charge in [-0.1, -0.05) is 23.7 Å². The van der Waals surface area contributed by atoms with E-state index in [0.29, 0.717) is 10.6 Å². The molecule has 0 fully saturated rings. The maximum atomic E-state index is 13.0. The molecule has 0 aliphatic carbocycles. The van der Waals surface area contributed by atoms with Gasteiger partial charge in [0.2, 0.25) is 0 Å². The molecule has 0 saturated heterocycles. The molecule has 0 bridgehead atoms. The summed E-state index contributed by atoms with van der Waals surface area (Å²) in [6.07, 6.45) is 0. The Morgan fingerprint density at radius 2 is 1.58 bits per heavy atom. The van der Waals surface area contributed by atoms with Crippen LogP contribution in [0.4, 0.5) is 10.1 Å². The predicted octanol–water partition coefficient (Wildman–Crippen LogP) is 3.66. The first-order valence-electron chi connectivity index (χ1n) is 8.91. The number of carbonyl (C=O) groups excluding carboxylic acids is 2. The van der Waals surface area contributed by atoms with Crippen molar-refractivity contribution < 1.29 is 22.4 Å². The second kappa shape index (κ2) is 9.15. The number of hydrogen-bond donors (Lipinski definition) is 3. The molecule has 3 N–H and O–H groups in total. The highest BCUT2D eigenvalue weighted by Gasteiger charge is 2.19. The van der Waals surface area contributed by atoms with E-state index in [-0.39, 0.29) is 21.7 Å². The van der Waals surface area contributed by atoms with Crippen molar-refractivity contribution in [1.29, 1.82) is 0 Å². The molecular weight excluding hydrogens is 445 g/mol. The van der Waals surface area contributed by atoms with Crippen LogP contribution in [0.2, 0.25) is 5.02 Å². The summed E-state index contributed by atoms with van der Waals surface area (Å²) in [5.74, 6) is -1.79. The van der Waals surface area contributed by atoms with Gasteiger partial charge in [-0.2, -0.15) is 0 Å². The van der Waals surface area contributed by atoms with Crippen LogP contribution in [0.15, 0.2) is 71.6 Å². The van der Waals surface area contributed by atoms with E-state index < -0.39 is 27.7 Å². The fourth-order valence-corrected chi connectivity index (χ4v) is 3.90. The molecule has 0 atom stereocenters. The number of hydrogen-bond acceptors (Lipinski definition) is 4. The summed E-state index contributed by atoms with van der Waals surface area (Å²) in [5, 5.41) is 0.362. The summed E-state index contributed by atoms with van der Waals surface area (Å²) < 4.78 is 40.6. The van der Waals surface area contributed by atoms with Gasteiger partial charge >= 0.3 is 0 Å². The maximum absolute atomic E-state index is 13.0. The Bertz CT molecular complexity index is 1250. The lowest BCUT2D eigenvalue weighted by molar-refractivity contribution is 0.0846. The molecular formula is C21H17ClFN3O4S. The first-order chi connectivity index (χ1) is 14.7. The second-order valence-electron chi connectivity index (χ2n) is 6.51. The van der Waals surface area contributed by atoms with Crippen molar-refractivity contribution in [3.63, 3.8) is 0 Å². The molecule has 0 aliphatic heterocycles. The fourth-order valence-electron chi connectivity index (χ4n) is 2.63. The van der Waals surface area contributed by atoms with Gasteiger partial charge in [0, 0.05) is 21.8 Å². The Balaban J connectivity index is 1.76. The molecule has 0 aliphatic rings. The third-order valence-corrected chi connectivity index (χ3v) is 5.85. The van der Waals surface area contributed by atoms with Crippen molar-refractivity contribution in [3.05, 3.63) is 94.3 Å². The number of anilines is 1. The van der Waals surface area contributed by atoms with Crippen LogP contribution < -0.4 is 15.6 Å². The molecule has 0 saturated carbocycles. The zero-order chi connectivity index (χ0) is 22.6. The van der Waals surface area contributed by atoms with E-state index in [2.05, 4.69) is 15.6 Å². The van der Waals surface area contributed by atoms with Crippen LogP contribution in [0.1, 0.15) is 26.3 Å². The molecule has 2 amide bonds. The van der Waals surface area contributed by atoms with Crippen LogP contribution >= 0.6 is 11.6 Å². The standard InChI is InChI=1S/C21H17ClFN3O4S/c1-13-5-10-18(31(29,30)26-17-8-6-16(23)7-9-17)12-19(13)21(28)25-24-20(27)14-3-2-4-15(22)11-14/h2-12,26H,1H3,(H,24,27)(H,25,28). The number of sulfonamides is 1. The van der Waals surface area contributed by atoms with Crippen LogP contribution in [0.3, 0.4) is 0 Å². The molecule has 3 aromatic rings. The molecule has 160 valence electrons. The van der Waals surface area contributed by atoms with Crippen molar-refractivity contribution in [2.75, 3.05) is 4.72 Å². The minimum Gasteiger partial charge on any atom is -0.280 e. The molecule has 10 heteroatoms. The first kappa shape index (κ1) is 22.3. The number of hydrazine groups is 1. The Morgan fingerprint density at radius 3 is 2.26 bits per heavy atom. The molecule has 31 heavy (non-hydrogen) atoms. The van der Waals surface area contributed by atoms with Gasteiger partial charge in [-0.25, -0.2) is 12.8 Å². The van der Waals surface area contributed by atoms with Crippen LogP contribution in [0.25, 0.3) is 0 Å². The zero-order valence-electron chi connectivity index (χ0n) is 16.1. The average Bonchev–Trinajstić information content (AvgIpc) is 2.73. The van der Waals surface area contributed by atoms with Gasteiger partial charge < -0.3 is 0 Å². The minimum absolute atomic E-state index is 0.0494. The normalized spacial score (nSPS) is 10.9. The molecule has 7 nitrogen and oxygen atoms in total. The van der Waals surface area contributed by atoms with Crippen molar-refractivity contribution in [2.24, 2.45) is 0 Å². The van der Waals surface area contributed by atoms with Gasteiger partial charge in [-0.05, 0) is 67.1 Å². The topological polar surface area (TPSA) is 104 Å². The van der Waals surface area contributed by atoms with E-state index in [4.69, 9.17) is 11.6 Å². The quantitative estimate of drug-likeness (QED) is 0.504. The van der Waals surface area contributed by atoms with Crippen molar-refractivity contribution in [1.82, 2.24) is 10.9 Å². The number of carbonyl (C=O) groups is 2. The summed E-state index contributed by atoms with van der Waals surface area (Å²) >= 11 is 5.85.